The van der Waals surface area contributed by atoms with Crippen molar-refractivity contribution >= 4 is 0 Å². The van der Waals surface area contributed by atoms with E-state index in [1.807, 2.05) is 0 Å². The summed E-state index contributed by atoms with van der Waals surface area (Å²) in [5.74, 6) is 0. The Morgan fingerprint density at radius 1 is 0.529 bits per heavy atom. The van der Waals surface area contributed by atoms with Crippen LogP contribution in [0.2, 0.25) is 0 Å². The zero-order valence-corrected chi connectivity index (χ0v) is 12.6. The summed E-state index contributed by atoms with van der Waals surface area (Å²) in [4.78, 5) is 0. The standard InChI is InChI=1S/C16H26.Rh/c1-3-7-11-15(12-8-4-1)16-13-9-5-2-6-10-14-16;/h11,13H,1-10,12,14H2;. The summed E-state index contributed by atoms with van der Waals surface area (Å²) >= 11 is 0. The van der Waals surface area contributed by atoms with Crippen molar-refractivity contribution in [1.82, 2.24) is 0 Å². The Bertz CT molecular complexity index is 235. The van der Waals surface area contributed by atoms with Crippen molar-refractivity contribution in [1.29, 1.82) is 0 Å². The second kappa shape index (κ2) is 9.09. The van der Waals surface area contributed by atoms with Gasteiger partial charge in [0.15, 0.2) is 0 Å². The Hall–Kier alpha value is 0.103. The number of rotatable bonds is 1. The van der Waals surface area contributed by atoms with Crippen molar-refractivity contribution in [3.05, 3.63) is 23.3 Å². The van der Waals surface area contributed by atoms with Crippen LogP contribution in [0.1, 0.15) is 77.0 Å². The molecule has 0 saturated heterocycles. The molecule has 0 aliphatic heterocycles. The van der Waals surface area contributed by atoms with Crippen molar-refractivity contribution in [3.8, 4) is 0 Å². The van der Waals surface area contributed by atoms with Crippen LogP contribution < -0.4 is 0 Å². The van der Waals surface area contributed by atoms with Gasteiger partial charge in [0.2, 0.25) is 0 Å². The molecular formula is C16H26Rh. The van der Waals surface area contributed by atoms with E-state index in [2.05, 4.69) is 12.2 Å². The van der Waals surface area contributed by atoms with Gasteiger partial charge in [0.05, 0.1) is 0 Å². The fourth-order valence-electron chi connectivity index (χ4n) is 2.97. The minimum absolute atomic E-state index is 0. The third-order valence-electron chi connectivity index (χ3n) is 3.99. The van der Waals surface area contributed by atoms with E-state index >= 15 is 0 Å². The van der Waals surface area contributed by atoms with Crippen LogP contribution in [0.3, 0.4) is 0 Å². The molecule has 0 spiro atoms. The second-order valence-corrected chi connectivity index (χ2v) is 5.36. The summed E-state index contributed by atoms with van der Waals surface area (Å²) in [6.45, 7) is 0. The molecule has 0 unspecified atom stereocenters. The molecule has 1 heteroatoms. The molecule has 2 aliphatic carbocycles. The van der Waals surface area contributed by atoms with E-state index in [4.69, 9.17) is 0 Å². The van der Waals surface area contributed by atoms with Crippen molar-refractivity contribution in [2.75, 3.05) is 0 Å². The first-order valence-corrected chi connectivity index (χ1v) is 7.35. The van der Waals surface area contributed by atoms with Crippen molar-refractivity contribution in [3.63, 3.8) is 0 Å². The summed E-state index contributed by atoms with van der Waals surface area (Å²) in [7, 11) is 0. The van der Waals surface area contributed by atoms with Gasteiger partial charge >= 0.3 is 0 Å². The van der Waals surface area contributed by atoms with Crippen molar-refractivity contribution < 1.29 is 19.5 Å². The molecule has 17 heavy (non-hydrogen) atoms. The fourth-order valence-corrected chi connectivity index (χ4v) is 2.97. The van der Waals surface area contributed by atoms with Crippen LogP contribution in [0.5, 0.6) is 0 Å². The van der Waals surface area contributed by atoms with Crippen LogP contribution in [0.4, 0.5) is 0 Å². The molecule has 0 aromatic rings. The first-order valence-electron chi connectivity index (χ1n) is 7.35. The monoisotopic (exact) mass is 321 g/mol. The summed E-state index contributed by atoms with van der Waals surface area (Å²) in [5.41, 5.74) is 3.42. The van der Waals surface area contributed by atoms with Crippen molar-refractivity contribution in [2.24, 2.45) is 0 Å². The molecular weight excluding hydrogens is 295 g/mol. The van der Waals surface area contributed by atoms with Crippen LogP contribution in [-0.4, -0.2) is 0 Å². The van der Waals surface area contributed by atoms with Gasteiger partial charge in [-0.3, -0.25) is 0 Å². The maximum absolute atomic E-state index is 2.55. The summed E-state index contributed by atoms with van der Waals surface area (Å²) in [5, 5.41) is 0. The molecule has 0 nitrogen and oxygen atoms in total. The smallest absolute Gasteiger partial charge is 0 e. The molecule has 0 fully saturated rings. The average Bonchev–Trinajstić information content (AvgIpc) is 2.18. The molecule has 1 radical (unpaired) electrons. The topological polar surface area (TPSA) is 0 Å². The molecule has 2 rings (SSSR count). The van der Waals surface area contributed by atoms with Crippen LogP contribution in [0.15, 0.2) is 23.3 Å². The molecule has 0 atom stereocenters. The van der Waals surface area contributed by atoms with Gasteiger partial charge in [-0.2, -0.15) is 0 Å². The van der Waals surface area contributed by atoms with E-state index in [-0.39, 0.29) is 19.5 Å². The summed E-state index contributed by atoms with van der Waals surface area (Å²) in [6, 6.07) is 0. The maximum atomic E-state index is 2.55. The predicted octanol–water partition coefficient (Wildman–Crippen LogP) is 5.55. The van der Waals surface area contributed by atoms with Crippen LogP contribution in [-0.2, 0) is 19.5 Å². The number of hydrogen-bond acceptors (Lipinski definition) is 0. The van der Waals surface area contributed by atoms with Crippen LogP contribution in [0, 0.1) is 0 Å². The molecule has 0 aromatic heterocycles. The molecule has 0 saturated carbocycles. The predicted molar refractivity (Wildman–Crippen MR) is 71.6 cm³/mol. The Morgan fingerprint density at radius 2 is 0.941 bits per heavy atom. The van der Waals surface area contributed by atoms with E-state index in [0.29, 0.717) is 0 Å². The Morgan fingerprint density at radius 3 is 1.41 bits per heavy atom. The molecule has 0 amide bonds. The van der Waals surface area contributed by atoms with E-state index in [9.17, 15) is 0 Å². The number of allylic oxidation sites excluding steroid dienone is 4. The third kappa shape index (κ3) is 5.51. The maximum Gasteiger partial charge on any atom is 0 e. The summed E-state index contributed by atoms with van der Waals surface area (Å²) in [6.07, 6.45) is 21.9. The average molecular weight is 321 g/mol. The largest absolute Gasteiger partial charge is 0.0811 e. The molecule has 0 bridgehead atoms. The fraction of sp³-hybridized carbons (Fsp3) is 0.750. The van der Waals surface area contributed by atoms with Gasteiger partial charge in [0, 0.05) is 19.5 Å². The normalized spacial score (nSPS) is 23.1. The quantitative estimate of drug-likeness (QED) is 0.556. The van der Waals surface area contributed by atoms with Gasteiger partial charge in [0.1, 0.15) is 0 Å². The van der Waals surface area contributed by atoms with Gasteiger partial charge in [0.25, 0.3) is 0 Å². The zero-order valence-electron chi connectivity index (χ0n) is 11.0. The Balaban J connectivity index is 0.00000144. The van der Waals surface area contributed by atoms with Gasteiger partial charge in [-0.25, -0.2) is 0 Å². The van der Waals surface area contributed by atoms with Gasteiger partial charge in [-0.1, -0.05) is 37.8 Å². The first-order chi connectivity index (χ1) is 7.97. The number of hydrogen-bond donors (Lipinski definition) is 0. The third-order valence-corrected chi connectivity index (χ3v) is 3.99. The molecule has 2 aliphatic rings. The second-order valence-electron chi connectivity index (χ2n) is 5.36. The molecule has 0 heterocycles. The van der Waals surface area contributed by atoms with Crippen LogP contribution in [0.25, 0.3) is 0 Å². The van der Waals surface area contributed by atoms with Crippen molar-refractivity contribution in [2.45, 2.75) is 77.0 Å². The van der Waals surface area contributed by atoms with Crippen LogP contribution >= 0.6 is 0 Å². The summed E-state index contributed by atoms with van der Waals surface area (Å²) < 4.78 is 0. The molecule has 99 valence electrons. The van der Waals surface area contributed by atoms with E-state index < -0.39 is 0 Å². The molecule has 0 N–H and O–H groups in total. The Labute approximate surface area is 120 Å². The minimum atomic E-state index is 0. The first kappa shape index (κ1) is 15.2. The SMILES string of the molecule is C1=C(C2=CCCCCCC2)CCCCCC1.[Rh]. The Kier molecular flexibility index (Phi) is 8.11. The molecule has 0 aromatic carbocycles. The minimum Gasteiger partial charge on any atom is -0.0811 e. The van der Waals surface area contributed by atoms with E-state index in [1.54, 1.807) is 11.1 Å². The van der Waals surface area contributed by atoms with Gasteiger partial charge < -0.3 is 0 Å². The van der Waals surface area contributed by atoms with E-state index in [0.717, 1.165) is 0 Å². The van der Waals surface area contributed by atoms with E-state index in [1.165, 1.54) is 77.0 Å². The zero-order chi connectivity index (χ0) is 11.1. The van der Waals surface area contributed by atoms with Gasteiger partial charge in [-0.05, 0) is 62.5 Å². The van der Waals surface area contributed by atoms with Gasteiger partial charge in [-0.15, -0.1) is 0 Å².